The minimum Gasteiger partial charge on any atom is -0.317 e. The molecule has 0 amide bonds. The third-order valence-electron chi connectivity index (χ3n) is 2.73. The lowest BCUT2D eigenvalue weighted by atomic mass is 10.1. The van der Waals surface area contributed by atoms with Crippen LogP contribution >= 0.6 is 0 Å². The fourth-order valence-corrected chi connectivity index (χ4v) is 2.54. The van der Waals surface area contributed by atoms with E-state index in [2.05, 4.69) is 23.9 Å². The predicted molar refractivity (Wildman–Crippen MR) is 76.8 cm³/mol. The van der Waals surface area contributed by atoms with Gasteiger partial charge in [-0.2, -0.15) is 12.7 Å². The molecule has 0 rings (SSSR count). The second kappa shape index (κ2) is 9.72. The van der Waals surface area contributed by atoms with Crippen LogP contribution < -0.4 is 10.0 Å². The van der Waals surface area contributed by atoms with Gasteiger partial charge in [-0.3, -0.25) is 0 Å². The Balaban J connectivity index is 3.82. The van der Waals surface area contributed by atoms with E-state index in [9.17, 15) is 8.42 Å². The van der Waals surface area contributed by atoms with Gasteiger partial charge >= 0.3 is 0 Å². The third-order valence-corrected chi connectivity index (χ3v) is 4.30. The van der Waals surface area contributed by atoms with E-state index in [0.29, 0.717) is 19.0 Å². The van der Waals surface area contributed by atoms with Gasteiger partial charge in [-0.1, -0.05) is 20.8 Å². The Labute approximate surface area is 113 Å². The molecule has 0 aliphatic carbocycles. The maximum Gasteiger partial charge on any atom is 0.279 e. The van der Waals surface area contributed by atoms with Gasteiger partial charge < -0.3 is 5.32 Å². The van der Waals surface area contributed by atoms with E-state index < -0.39 is 10.2 Å². The molecule has 110 valence electrons. The number of rotatable bonds is 11. The second-order valence-corrected chi connectivity index (χ2v) is 6.83. The van der Waals surface area contributed by atoms with Gasteiger partial charge in [0.25, 0.3) is 10.2 Å². The van der Waals surface area contributed by atoms with Gasteiger partial charge in [-0.05, 0) is 38.3 Å². The summed E-state index contributed by atoms with van der Waals surface area (Å²) >= 11 is 0. The zero-order valence-electron chi connectivity index (χ0n) is 12.2. The summed E-state index contributed by atoms with van der Waals surface area (Å²) < 4.78 is 27.7. The molecule has 0 heterocycles. The summed E-state index contributed by atoms with van der Waals surface area (Å²) in [7, 11) is -1.67. The number of hydrogen-bond acceptors (Lipinski definition) is 3. The Bertz CT molecular complexity index is 292. The molecule has 0 spiro atoms. The highest BCUT2D eigenvalue weighted by Crippen LogP contribution is 2.03. The summed E-state index contributed by atoms with van der Waals surface area (Å²) in [6.07, 6.45) is 2.77. The summed E-state index contributed by atoms with van der Waals surface area (Å²) in [6.45, 7) is 9.16. The van der Waals surface area contributed by atoms with Gasteiger partial charge in [0, 0.05) is 20.1 Å². The lowest BCUT2D eigenvalue weighted by molar-refractivity contribution is 0.442. The quantitative estimate of drug-likeness (QED) is 0.559. The van der Waals surface area contributed by atoms with Crippen molar-refractivity contribution >= 4 is 10.2 Å². The Morgan fingerprint density at radius 1 is 1.17 bits per heavy atom. The van der Waals surface area contributed by atoms with Crippen molar-refractivity contribution in [3.63, 3.8) is 0 Å². The number of hydrogen-bond donors (Lipinski definition) is 2. The Morgan fingerprint density at radius 2 is 1.83 bits per heavy atom. The summed E-state index contributed by atoms with van der Waals surface area (Å²) in [5, 5.41) is 3.18. The van der Waals surface area contributed by atoms with Crippen LogP contribution in [0.2, 0.25) is 0 Å². The third kappa shape index (κ3) is 8.85. The highest BCUT2D eigenvalue weighted by atomic mass is 32.2. The second-order valence-electron chi connectivity index (χ2n) is 4.96. The molecule has 0 radical (unpaired) electrons. The SMILES string of the molecule is CCNCCCN(C)S(=O)(=O)NCCCC(C)C. The van der Waals surface area contributed by atoms with Crippen molar-refractivity contribution in [2.24, 2.45) is 5.92 Å². The Kier molecular flexibility index (Phi) is 9.63. The van der Waals surface area contributed by atoms with Crippen LogP contribution in [0.4, 0.5) is 0 Å². The van der Waals surface area contributed by atoms with E-state index in [-0.39, 0.29) is 0 Å². The maximum atomic E-state index is 11.8. The first-order valence-electron chi connectivity index (χ1n) is 6.81. The summed E-state index contributed by atoms with van der Waals surface area (Å²) in [5.74, 6) is 0.618. The van der Waals surface area contributed by atoms with Gasteiger partial charge in [-0.15, -0.1) is 0 Å². The normalized spacial score (nSPS) is 12.6. The molecule has 0 unspecified atom stereocenters. The molecule has 0 atom stereocenters. The van der Waals surface area contributed by atoms with Crippen LogP contribution in [0, 0.1) is 5.92 Å². The standard InChI is InChI=1S/C12H29N3O2S/c1-5-13-9-7-11-15(4)18(16,17)14-10-6-8-12(2)3/h12-14H,5-11H2,1-4H3. The molecule has 0 saturated carbocycles. The van der Waals surface area contributed by atoms with Crippen molar-refractivity contribution < 1.29 is 8.42 Å². The average molecular weight is 279 g/mol. The van der Waals surface area contributed by atoms with Crippen LogP contribution in [0.15, 0.2) is 0 Å². The van der Waals surface area contributed by atoms with Crippen molar-refractivity contribution in [2.45, 2.75) is 40.0 Å². The summed E-state index contributed by atoms with van der Waals surface area (Å²) in [4.78, 5) is 0. The van der Waals surface area contributed by atoms with Gasteiger partial charge in [0.1, 0.15) is 0 Å². The topological polar surface area (TPSA) is 61.4 Å². The van der Waals surface area contributed by atoms with E-state index >= 15 is 0 Å². The van der Waals surface area contributed by atoms with E-state index in [4.69, 9.17) is 0 Å². The first kappa shape index (κ1) is 17.8. The summed E-state index contributed by atoms with van der Waals surface area (Å²) in [5.41, 5.74) is 0. The maximum absolute atomic E-state index is 11.8. The summed E-state index contributed by atoms with van der Waals surface area (Å²) in [6, 6.07) is 0. The van der Waals surface area contributed by atoms with Crippen molar-refractivity contribution in [1.82, 2.24) is 14.3 Å². The van der Waals surface area contributed by atoms with Crippen LogP contribution in [0.3, 0.4) is 0 Å². The number of nitrogens with zero attached hydrogens (tertiary/aromatic N) is 1. The minimum absolute atomic E-state index is 0.526. The molecular formula is C12H29N3O2S. The Morgan fingerprint density at radius 3 is 2.39 bits per heavy atom. The predicted octanol–water partition coefficient (Wildman–Crippen LogP) is 1.19. The van der Waals surface area contributed by atoms with Gasteiger partial charge in [0.05, 0.1) is 0 Å². The zero-order chi connectivity index (χ0) is 14.0. The van der Waals surface area contributed by atoms with Crippen LogP contribution in [-0.4, -0.2) is 45.9 Å². The van der Waals surface area contributed by atoms with Crippen LogP contribution in [0.1, 0.15) is 40.0 Å². The lowest BCUT2D eigenvalue weighted by Gasteiger charge is -2.17. The smallest absolute Gasteiger partial charge is 0.279 e. The molecular weight excluding hydrogens is 250 g/mol. The average Bonchev–Trinajstić information content (AvgIpc) is 2.30. The molecule has 0 fully saturated rings. The first-order chi connectivity index (χ1) is 8.40. The molecule has 6 heteroatoms. The highest BCUT2D eigenvalue weighted by molar-refractivity contribution is 7.87. The lowest BCUT2D eigenvalue weighted by Crippen LogP contribution is -2.39. The molecule has 5 nitrogen and oxygen atoms in total. The van der Waals surface area contributed by atoms with Crippen molar-refractivity contribution in [2.75, 3.05) is 33.2 Å². The molecule has 0 aromatic carbocycles. The zero-order valence-corrected chi connectivity index (χ0v) is 13.0. The fraction of sp³-hybridized carbons (Fsp3) is 1.00. The monoisotopic (exact) mass is 279 g/mol. The van der Waals surface area contributed by atoms with Gasteiger partial charge in [-0.25, -0.2) is 4.72 Å². The van der Waals surface area contributed by atoms with Gasteiger partial charge in [0.15, 0.2) is 0 Å². The molecule has 0 saturated heterocycles. The number of nitrogens with one attached hydrogen (secondary N) is 2. The molecule has 0 aromatic heterocycles. The largest absolute Gasteiger partial charge is 0.317 e. The molecule has 0 bridgehead atoms. The van der Waals surface area contributed by atoms with E-state index in [1.165, 1.54) is 4.31 Å². The molecule has 0 aliphatic heterocycles. The first-order valence-corrected chi connectivity index (χ1v) is 8.25. The molecule has 2 N–H and O–H groups in total. The van der Waals surface area contributed by atoms with Crippen molar-refractivity contribution in [1.29, 1.82) is 0 Å². The van der Waals surface area contributed by atoms with E-state index in [1.54, 1.807) is 7.05 Å². The van der Waals surface area contributed by atoms with Crippen molar-refractivity contribution in [3.05, 3.63) is 0 Å². The van der Waals surface area contributed by atoms with Gasteiger partial charge in [0.2, 0.25) is 0 Å². The highest BCUT2D eigenvalue weighted by Gasteiger charge is 2.15. The molecule has 0 aromatic rings. The van der Waals surface area contributed by atoms with Crippen LogP contribution in [-0.2, 0) is 10.2 Å². The van der Waals surface area contributed by atoms with E-state index in [1.807, 2.05) is 6.92 Å². The molecule has 0 aliphatic rings. The Hall–Kier alpha value is -0.170. The van der Waals surface area contributed by atoms with Crippen LogP contribution in [0.25, 0.3) is 0 Å². The van der Waals surface area contributed by atoms with E-state index in [0.717, 1.165) is 32.4 Å². The molecule has 18 heavy (non-hydrogen) atoms. The van der Waals surface area contributed by atoms with Crippen LogP contribution in [0.5, 0.6) is 0 Å². The van der Waals surface area contributed by atoms with Crippen molar-refractivity contribution in [3.8, 4) is 0 Å². The minimum atomic E-state index is -3.29. The fourth-order valence-electron chi connectivity index (χ4n) is 1.55.